The van der Waals surface area contributed by atoms with Gasteiger partial charge >= 0.3 is 0 Å². The summed E-state index contributed by atoms with van der Waals surface area (Å²) in [6.45, 7) is 1.93. The van der Waals surface area contributed by atoms with Gasteiger partial charge in [0, 0.05) is 16.4 Å². The Bertz CT molecular complexity index is 335. The molecule has 0 amide bonds. The SMILES string of the molecule is CCO.c1ccc(Sc2ccccc2)cc1. The van der Waals surface area contributed by atoms with Crippen LogP contribution >= 0.6 is 11.8 Å². The van der Waals surface area contributed by atoms with Gasteiger partial charge in [0.15, 0.2) is 0 Å². The van der Waals surface area contributed by atoms with Gasteiger partial charge in [0.25, 0.3) is 0 Å². The van der Waals surface area contributed by atoms with Crippen LogP contribution in [0.4, 0.5) is 0 Å². The number of benzene rings is 2. The number of hydrogen-bond donors (Lipinski definition) is 1. The van der Waals surface area contributed by atoms with E-state index >= 15 is 0 Å². The Hall–Kier alpha value is -1.25. The summed E-state index contributed by atoms with van der Waals surface area (Å²) in [6.07, 6.45) is 0. The Morgan fingerprint density at radius 2 is 1.12 bits per heavy atom. The van der Waals surface area contributed by atoms with Crippen LogP contribution in [-0.2, 0) is 0 Å². The lowest BCUT2D eigenvalue weighted by Gasteiger charge is -1.99. The molecule has 2 aromatic carbocycles. The smallest absolute Gasteiger partial charge is 0.0402 e. The van der Waals surface area contributed by atoms with E-state index in [4.69, 9.17) is 5.11 Å². The maximum Gasteiger partial charge on any atom is 0.0402 e. The molecule has 0 radical (unpaired) electrons. The van der Waals surface area contributed by atoms with Gasteiger partial charge in [-0.05, 0) is 31.2 Å². The molecule has 0 bridgehead atoms. The molecule has 0 aliphatic heterocycles. The van der Waals surface area contributed by atoms with Gasteiger partial charge in [-0.25, -0.2) is 0 Å². The molecular formula is C14H16OS. The highest BCUT2D eigenvalue weighted by Crippen LogP contribution is 2.26. The molecule has 2 rings (SSSR count). The molecule has 0 fully saturated rings. The van der Waals surface area contributed by atoms with Gasteiger partial charge in [-0.15, -0.1) is 0 Å². The first-order valence-corrected chi connectivity index (χ1v) is 6.07. The Morgan fingerprint density at radius 3 is 1.44 bits per heavy atom. The van der Waals surface area contributed by atoms with Crippen molar-refractivity contribution < 1.29 is 5.11 Å². The third kappa shape index (κ3) is 5.01. The van der Waals surface area contributed by atoms with Crippen LogP contribution in [0.5, 0.6) is 0 Å². The Morgan fingerprint density at radius 1 is 0.812 bits per heavy atom. The van der Waals surface area contributed by atoms with Crippen LogP contribution in [0.2, 0.25) is 0 Å². The van der Waals surface area contributed by atoms with Crippen LogP contribution in [0.25, 0.3) is 0 Å². The molecule has 0 saturated heterocycles. The zero-order valence-corrected chi connectivity index (χ0v) is 10.2. The Balaban J connectivity index is 0.000000386. The lowest BCUT2D eigenvalue weighted by atomic mass is 10.4. The monoisotopic (exact) mass is 232 g/mol. The van der Waals surface area contributed by atoms with E-state index in [0.717, 1.165) is 0 Å². The maximum atomic E-state index is 7.57. The van der Waals surface area contributed by atoms with Crippen LogP contribution in [0.15, 0.2) is 70.5 Å². The van der Waals surface area contributed by atoms with Crippen molar-refractivity contribution in [2.24, 2.45) is 0 Å². The zero-order chi connectivity index (χ0) is 11.6. The molecular weight excluding hydrogens is 216 g/mol. The van der Waals surface area contributed by atoms with E-state index in [1.54, 1.807) is 18.7 Å². The van der Waals surface area contributed by atoms with E-state index in [2.05, 4.69) is 48.5 Å². The van der Waals surface area contributed by atoms with Gasteiger partial charge in [-0.2, -0.15) is 0 Å². The van der Waals surface area contributed by atoms with Crippen LogP contribution in [0.3, 0.4) is 0 Å². The number of hydrogen-bond acceptors (Lipinski definition) is 2. The molecule has 0 atom stereocenters. The van der Waals surface area contributed by atoms with Gasteiger partial charge in [0.05, 0.1) is 0 Å². The molecule has 0 aliphatic carbocycles. The molecule has 0 heterocycles. The summed E-state index contributed by atoms with van der Waals surface area (Å²) in [5.41, 5.74) is 0. The standard InChI is InChI=1S/C12H10S.C2H6O/c1-3-7-11(8-4-1)13-12-9-5-2-6-10-12;1-2-3/h1-10H;3H,2H2,1H3. The minimum atomic E-state index is 0.250. The van der Waals surface area contributed by atoms with Crippen LogP contribution in [0, 0.1) is 0 Å². The average Bonchev–Trinajstić information content (AvgIpc) is 2.33. The highest BCUT2D eigenvalue weighted by atomic mass is 32.2. The number of aliphatic hydroxyl groups excluding tert-OH is 1. The summed E-state index contributed by atoms with van der Waals surface area (Å²) in [4.78, 5) is 2.57. The maximum absolute atomic E-state index is 7.57. The van der Waals surface area contributed by atoms with Gasteiger partial charge in [-0.3, -0.25) is 0 Å². The van der Waals surface area contributed by atoms with E-state index in [9.17, 15) is 0 Å². The van der Waals surface area contributed by atoms with Crippen LogP contribution in [-0.4, -0.2) is 11.7 Å². The molecule has 0 unspecified atom stereocenters. The summed E-state index contributed by atoms with van der Waals surface area (Å²) >= 11 is 1.79. The predicted octanol–water partition coefficient (Wildman–Crippen LogP) is 3.84. The first-order chi connectivity index (χ1) is 7.86. The quantitative estimate of drug-likeness (QED) is 0.849. The van der Waals surface area contributed by atoms with Crippen molar-refractivity contribution in [1.82, 2.24) is 0 Å². The van der Waals surface area contributed by atoms with E-state index in [-0.39, 0.29) is 6.61 Å². The van der Waals surface area contributed by atoms with Crippen LogP contribution in [0.1, 0.15) is 6.92 Å². The summed E-state index contributed by atoms with van der Waals surface area (Å²) < 4.78 is 0. The van der Waals surface area contributed by atoms with Crippen molar-refractivity contribution in [3.8, 4) is 0 Å². The molecule has 0 spiro atoms. The Kier molecular flexibility index (Phi) is 6.38. The summed E-state index contributed by atoms with van der Waals surface area (Å²) in [6, 6.07) is 20.8. The second-order valence-electron chi connectivity index (χ2n) is 3.04. The molecule has 84 valence electrons. The first-order valence-electron chi connectivity index (χ1n) is 5.25. The molecule has 0 saturated carbocycles. The second-order valence-corrected chi connectivity index (χ2v) is 4.19. The highest BCUT2D eigenvalue weighted by molar-refractivity contribution is 7.99. The minimum absolute atomic E-state index is 0.250. The molecule has 2 aromatic rings. The molecule has 0 aliphatic rings. The summed E-state index contributed by atoms with van der Waals surface area (Å²) in [5.74, 6) is 0. The van der Waals surface area contributed by atoms with E-state index < -0.39 is 0 Å². The fourth-order valence-electron chi connectivity index (χ4n) is 1.11. The first kappa shape index (κ1) is 12.8. The van der Waals surface area contributed by atoms with Crippen molar-refractivity contribution in [2.75, 3.05) is 6.61 Å². The van der Waals surface area contributed by atoms with E-state index in [1.807, 2.05) is 12.1 Å². The molecule has 16 heavy (non-hydrogen) atoms. The zero-order valence-electron chi connectivity index (χ0n) is 9.34. The largest absolute Gasteiger partial charge is 0.397 e. The fourth-order valence-corrected chi connectivity index (χ4v) is 1.97. The average molecular weight is 232 g/mol. The molecule has 1 nitrogen and oxygen atoms in total. The van der Waals surface area contributed by atoms with E-state index in [0.29, 0.717) is 0 Å². The van der Waals surface area contributed by atoms with Crippen molar-refractivity contribution in [1.29, 1.82) is 0 Å². The van der Waals surface area contributed by atoms with Crippen LogP contribution < -0.4 is 0 Å². The van der Waals surface area contributed by atoms with Gasteiger partial charge in [0.1, 0.15) is 0 Å². The van der Waals surface area contributed by atoms with Crippen molar-refractivity contribution in [3.05, 3.63) is 60.7 Å². The Labute approximate surface area is 101 Å². The normalized spacial score (nSPS) is 9.12. The highest BCUT2D eigenvalue weighted by Gasteiger charge is 1.93. The van der Waals surface area contributed by atoms with Crippen molar-refractivity contribution >= 4 is 11.8 Å². The lowest BCUT2D eigenvalue weighted by Crippen LogP contribution is -1.70. The molecule has 2 heteroatoms. The number of aliphatic hydroxyl groups is 1. The third-order valence-electron chi connectivity index (χ3n) is 1.72. The van der Waals surface area contributed by atoms with E-state index in [1.165, 1.54) is 9.79 Å². The number of rotatable bonds is 2. The summed E-state index contributed by atoms with van der Waals surface area (Å²) in [5, 5.41) is 7.57. The minimum Gasteiger partial charge on any atom is -0.397 e. The van der Waals surface area contributed by atoms with Crippen molar-refractivity contribution in [2.45, 2.75) is 16.7 Å². The summed E-state index contributed by atoms with van der Waals surface area (Å²) in [7, 11) is 0. The fraction of sp³-hybridized carbons (Fsp3) is 0.143. The molecule has 1 N–H and O–H groups in total. The second kappa shape index (κ2) is 7.97. The topological polar surface area (TPSA) is 20.2 Å². The predicted molar refractivity (Wildman–Crippen MR) is 69.8 cm³/mol. The van der Waals surface area contributed by atoms with Gasteiger partial charge in [-0.1, -0.05) is 48.2 Å². The lowest BCUT2D eigenvalue weighted by molar-refractivity contribution is 0.318. The van der Waals surface area contributed by atoms with Gasteiger partial charge in [0.2, 0.25) is 0 Å². The van der Waals surface area contributed by atoms with Crippen molar-refractivity contribution in [3.63, 3.8) is 0 Å². The molecule has 0 aromatic heterocycles. The van der Waals surface area contributed by atoms with Gasteiger partial charge < -0.3 is 5.11 Å². The third-order valence-corrected chi connectivity index (χ3v) is 2.74.